The summed E-state index contributed by atoms with van der Waals surface area (Å²) in [6.45, 7) is 0. The molecule has 0 aliphatic rings. The van der Waals surface area contributed by atoms with Crippen LogP contribution in [0.5, 0.6) is 0 Å². The van der Waals surface area contributed by atoms with Gasteiger partial charge in [0.05, 0.1) is 0 Å². The fourth-order valence-corrected chi connectivity index (χ4v) is 3.14. The van der Waals surface area contributed by atoms with Gasteiger partial charge in [-0.25, -0.2) is 0 Å². The van der Waals surface area contributed by atoms with Gasteiger partial charge < -0.3 is 0 Å². The van der Waals surface area contributed by atoms with Crippen LogP contribution in [0, 0.1) is 0 Å². The second-order valence-electron chi connectivity index (χ2n) is 3.04. The molecule has 2 N–H and O–H groups in total. The van der Waals surface area contributed by atoms with Crippen LogP contribution >= 0.6 is 0 Å². The molecule has 0 spiro atoms. The predicted octanol–water partition coefficient (Wildman–Crippen LogP) is 0.133. The number of benzene rings is 2. The number of hydrogen-bond acceptors (Lipinski definition) is 1. The third-order valence-corrected chi connectivity index (χ3v) is 4.22. The molecule has 3 nitrogen and oxygen atoms in total. The molecule has 0 saturated heterocycles. The van der Waals surface area contributed by atoms with Gasteiger partial charge in [-0.3, -0.25) is 0 Å². The number of fused-ring (bicyclic) bond motifs is 1. The Bertz CT molecular complexity index is 510. The van der Waals surface area contributed by atoms with Crippen LogP contribution < -0.4 is 4.46 Å². The summed E-state index contributed by atoms with van der Waals surface area (Å²) in [5.41, 5.74) is 0. The van der Waals surface area contributed by atoms with Crippen LogP contribution in [-0.2, 0) is 3.83 Å². The minimum atomic E-state index is -4.79. The third-order valence-electron chi connectivity index (χ3n) is 2.08. The molecule has 14 heavy (non-hydrogen) atoms. The fourth-order valence-electron chi connectivity index (χ4n) is 1.46. The summed E-state index contributed by atoms with van der Waals surface area (Å²) in [5.74, 6) is 0. The van der Waals surface area contributed by atoms with Crippen molar-refractivity contribution in [1.82, 2.24) is 0 Å². The van der Waals surface area contributed by atoms with E-state index in [4.69, 9.17) is 8.38 Å². The van der Waals surface area contributed by atoms with E-state index in [-0.39, 0.29) is 4.46 Å². The van der Waals surface area contributed by atoms with Gasteiger partial charge in [0.2, 0.25) is 0 Å². The quantitative estimate of drug-likeness (QED) is 0.714. The van der Waals surface area contributed by atoms with E-state index in [0.29, 0.717) is 5.39 Å². The Kier molecular flexibility index (Phi) is 2.21. The molecule has 0 amide bonds. The number of hydrogen-bond donors (Lipinski definition) is 2. The van der Waals surface area contributed by atoms with Crippen molar-refractivity contribution in [2.24, 2.45) is 0 Å². The standard InChI is InChI=1S/C10H10O3Se/c11-14(12,13)10-7-3-5-8-4-1-2-6-9(8)10/h1-7,14H,(H2,11,12,13). The van der Waals surface area contributed by atoms with Crippen molar-refractivity contribution < 1.29 is 12.2 Å². The first-order chi connectivity index (χ1) is 6.59. The van der Waals surface area contributed by atoms with Crippen molar-refractivity contribution in [1.29, 1.82) is 0 Å². The van der Waals surface area contributed by atoms with Crippen LogP contribution in [0.2, 0.25) is 0 Å². The SMILES string of the molecule is O=[SeH](O)(O)c1cccc2ccccc12. The van der Waals surface area contributed by atoms with Crippen LogP contribution in [0.1, 0.15) is 0 Å². The van der Waals surface area contributed by atoms with Gasteiger partial charge >= 0.3 is 83.3 Å². The first-order valence-corrected chi connectivity index (χ1v) is 7.51. The molecule has 0 radical (unpaired) electrons. The van der Waals surface area contributed by atoms with E-state index in [0.717, 1.165) is 5.39 Å². The van der Waals surface area contributed by atoms with Crippen LogP contribution in [0.15, 0.2) is 42.5 Å². The molecular weight excluding hydrogens is 247 g/mol. The van der Waals surface area contributed by atoms with E-state index in [2.05, 4.69) is 0 Å². The zero-order valence-electron chi connectivity index (χ0n) is 7.29. The third kappa shape index (κ3) is 1.61. The van der Waals surface area contributed by atoms with Gasteiger partial charge in [-0.15, -0.1) is 0 Å². The Morgan fingerprint density at radius 2 is 1.57 bits per heavy atom. The molecule has 0 saturated carbocycles. The molecule has 0 aliphatic carbocycles. The second kappa shape index (κ2) is 3.26. The zero-order valence-corrected chi connectivity index (χ0v) is 9.17. The van der Waals surface area contributed by atoms with Crippen molar-refractivity contribution in [2.45, 2.75) is 0 Å². The van der Waals surface area contributed by atoms with Gasteiger partial charge in [0.25, 0.3) is 0 Å². The van der Waals surface area contributed by atoms with E-state index in [1.807, 2.05) is 18.2 Å². The van der Waals surface area contributed by atoms with Gasteiger partial charge in [0.1, 0.15) is 0 Å². The van der Waals surface area contributed by atoms with E-state index in [9.17, 15) is 3.83 Å². The first-order valence-electron chi connectivity index (χ1n) is 4.13. The van der Waals surface area contributed by atoms with Gasteiger partial charge in [0.15, 0.2) is 0 Å². The monoisotopic (exact) mass is 258 g/mol. The van der Waals surface area contributed by atoms with Crippen molar-refractivity contribution in [3.05, 3.63) is 42.5 Å². The van der Waals surface area contributed by atoms with Gasteiger partial charge in [0, 0.05) is 0 Å². The summed E-state index contributed by atoms with van der Waals surface area (Å²) < 4.78 is 29.7. The van der Waals surface area contributed by atoms with Crippen LogP contribution in [0.3, 0.4) is 0 Å². The van der Waals surface area contributed by atoms with E-state index >= 15 is 0 Å². The summed E-state index contributed by atoms with van der Waals surface area (Å²) >= 11 is -4.79. The average molecular weight is 257 g/mol. The molecule has 0 atom stereocenters. The average Bonchev–Trinajstić information content (AvgIpc) is 2.15. The second-order valence-corrected chi connectivity index (χ2v) is 6.34. The summed E-state index contributed by atoms with van der Waals surface area (Å²) in [5, 5.41) is 1.50. The molecule has 0 heterocycles. The molecule has 0 fully saturated rings. The topological polar surface area (TPSA) is 57.5 Å². The van der Waals surface area contributed by atoms with E-state index in [1.54, 1.807) is 18.2 Å². The van der Waals surface area contributed by atoms with Gasteiger partial charge in [-0.1, -0.05) is 0 Å². The molecule has 0 bridgehead atoms. The van der Waals surface area contributed by atoms with Gasteiger partial charge in [-0.2, -0.15) is 0 Å². The normalized spacial score (nSPS) is 13.0. The molecule has 4 heteroatoms. The minimum absolute atomic E-state index is 0.154. The van der Waals surface area contributed by atoms with Crippen molar-refractivity contribution in [3.63, 3.8) is 0 Å². The Morgan fingerprint density at radius 1 is 0.929 bits per heavy atom. The molecule has 2 rings (SSSR count). The molecule has 2 aromatic carbocycles. The molecule has 0 aliphatic heterocycles. The molecule has 74 valence electrons. The summed E-state index contributed by atoms with van der Waals surface area (Å²) in [4.78, 5) is 0. The molecule has 0 unspecified atom stereocenters. The van der Waals surface area contributed by atoms with Crippen molar-refractivity contribution in [2.75, 3.05) is 0 Å². The summed E-state index contributed by atoms with van der Waals surface area (Å²) in [7, 11) is 0. The maximum absolute atomic E-state index is 11.2. The summed E-state index contributed by atoms with van der Waals surface area (Å²) in [6, 6.07) is 12.2. The van der Waals surface area contributed by atoms with Crippen molar-refractivity contribution in [3.8, 4) is 0 Å². The van der Waals surface area contributed by atoms with Crippen LogP contribution in [0.4, 0.5) is 0 Å². The first kappa shape index (κ1) is 9.49. The Balaban J connectivity index is 2.85. The molecule has 0 aromatic heterocycles. The number of rotatable bonds is 1. The predicted molar refractivity (Wildman–Crippen MR) is 55.9 cm³/mol. The Hall–Kier alpha value is -1.06. The zero-order chi connectivity index (χ0) is 10.2. The van der Waals surface area contributed by atoms with Crippen LogP contribution in [0.25, 0.3) is 10.8 Å². The van der Waals surface area contributed by atoms with E-state index < -0.39 is 13.4 Å². The Morgan fingerprint density at radius 3 is 2.29 bits per heavy atom. The maximum atomic E-state index is 11.2. The van der Waals surface area contributed by atoms with Crippen LogP contribution in [-0.4, -0.2) is 21.8 Å². The van der Waals surface area contributed by atoms with Crippen molar-refractivity contribution >= 4 is 28.7 Å². The van der Waals surface area contributed by atoms with E-state index in [1.165, 1.54) is 6.07 Å². The fraction of sp³-hybridized carbons (Fsp3) is 0. The van der Waals surface area contributed by atoms with Gasteiger partial charge in [-0.05, 0) is 0 Å². The molecule has 2 aromatic rings. The summed E-state index contributed by atoms with van der Waals surface area (Å²) in [6.07, 6.45) is 0. The molecular formula is C10H10O3Se. The Labute approximate surface area is 83.7 Å².